The highest BCUT2D eigenvalue weighted by atomic mass is 17.2. The topological polar surface area (TPSA) is 129 Å². The van der Waals surface area contributed by atoms with Crippen LogP contribution in [0.4, 0.5) is 17.1 Å². The number of anilines is 1. The molecule has 35 heavy (non-hydrogen) atoms. The van der Waals surface area contributed by atoms with Crippen LogP contribution in [-0.2, 0) is 9.78 Å². The zero-order chi connectivity index (χ0) is 25.4. The highest BCUT2D eigenvalue weighted by molar-refractivity contribution is 6.01. The summed E-state index contributed by atoms with van der Waals surface area (Å²) in [6.45, 7) is 5.61. The van der Waals surface area contributed by atoms with Crippen molar-refractivity contribution >= 4 is 22.8 Å². The molecule has 0 unspecified atom stereocenters. The van der Waals surface area contributed by atoms with Gasteiger partial charge in [0.25, 0.3) is 5.69 Å². The Morgan fingerprint density at radius 2 is 1.57 bits per heavy atom. The van der Waals surface area contributed by atoms with E-state index in [-0.39, 0.29) is 17.8 Å². The van der Waals surface area contributed by atoms with Crippen molar-refractivity contribution in [2.24, 2.45) is 5.10 Å². The van der Waals surface area contributed by atoms with Crippen molar-refractivity contribution < 1.29 is 19.6 Å². The number of benzene rings is 3. The second kappa shape index (κ2) is 11.3. The molecule has 0 radical (unpaired) electrons. The molecule has 0 aromatic heterocycles. The van der Waals surface area contributed by atoms with Gasteiger partial charge < -0.3 is 0 Å². The number of nitrogens with one attached hydrogen (secondary N) is 1. The van der Waals surface area contributed by atoms with E-state index in [1.54, 1.807) is 0 Å². The number of hydrogen-bond donors (Lipinski definition) is 1. The van der Waals surface area contributed by atoms with Crippen molar-refractivity contribution in [2.75, 3.05) is 5.43 Å². The molecule has 1 N–H and O–H groups in total. The number of non-ortho nitro benzene ring substituents is 1. The summed E-state index contributed by atoms with van der Waals surface area (Å²) in [6, 6.07) is 22.1. The maximum absolute atomic E-state index is 11.5. The van der Waals surface area contributed by atoms with Gasteiger partial charge in [-0.05, 0) is 38.0 Å². The Kier molecular flexibility index (Phi) is 8.24. The van der Waals surface area contributed by atoms with Gasteiger partial charge in [0, 0.05) is 12.5 Å². The minimum Gasteiger partial charge on any atom is -0.271 e. The fourth-order valence-corrected chi connectivity index (χ4v) is 3.12. The van der Waals surface area contributed by atoms with Gasteiger partial charge in [-0.3, -0.25) is 25.7 Å². The first-order valence-electron chi connectivity index (χ1n) is 10.8. The summed E-state index contributed by atoms with van der Waals surface area (Å²) in [5.74, 6) is 0. The lowest BCUT2D eigenvalue weighted by atomic mass is 9.99. The van der Waals surface area contributed by atoms with Crippen molar-refractivity contribution in [1.82, 2.24) is 0 Å². The summed E-state index contributed by atoms with van der Waals surface area (Å²) in [4.78, 5) is 32.6. The normalized spacial score (nSPS) is 12.7. The van der Waals surface area contributed by atoms with E-state index in [4.69, 9.17) is 9.78 Å². The van der Waals surface area contributed by atoms with Gasteiger partial charge in [0.05, 0.1) is 27.2 Å². The molecule has 0 saturated heterocycles. The number of rotatable bonds is 10. The molecule has 0 aliphatic heterocycles. The first kappa shape index (κ1) is 25.5. The first-order valence-corrected chi connectivity index (χ1v) is 10.8. The quantitative estimate of drug-likeness (QED) is 0.159. The number of hydrazone groups is 1. The van der Waals surface area contributed by atoms with Crippen LogP contribution in [0.25, 0.3) is 0 Å². The maximum atomic E-state index is 11.5. The van der Waals surface area contributed by atoms with Crippen LogP contribution in [0.3, 0.4) is 0 Å². The minimum atomic E-state index is -0.694. The van der Waals surface area contributed by atoms with E-state index >= 15 is 0 Å². The molecule has 0 fully saturated rings. The van der Waals surface area contributed by atoms with E-state index in [0.29, 0.717) is 5.71 Å². The second-order valence-electron chi connectivity index (χ2n) is 8.65. The van der Waals surface area contributed by atoms with E-state index < -0.39 is 27.2 Å². The average molecular weight is 479 g/mol. The number of hydrogen-bond acceptors (Lipinski definition) is 8. The summed E-state index contributed by atoms with van der Waals surface area (Å²) in [7, 11) is 0. The fourth-order valence-electron chi connectivity index (χ4n) is 3.12. The molecule has 0 saturated carbocycles. The molecular weight excluding hydrogens is 452 g/mol. The van der Waals surface area contributed by atoms with Crippen LogP contribution in [-0.4, -0.2) is 21.2 Å². The van der Waals surface area contributed by atoms with Gasteiger partial charge in [-0.2, -0.15) is 5.10 Å². The predicted octanol–water partition coefficient (Wildman–Crippen LogP) is 6.20. The van der Waals surface area contributed by atoms with Crippen LogP contribution in [0.2, 0.25) is 0 Å². The second-order valence-corrected chi connectivity index (χ2v) is 8.65. The molecule has 0 spiro atoms. The van der Waals surface area contributed by atoms with E-state index in [9.17, 15) is 20.2 Å². The average Bonchev–Trinajstić information content (AvgIpc) is 2.84. The number of nitro groups is 2. The van der Waals surface area contributed by atoms with Gasteiger partial charge in [0.2, 0.25) is 0 Å². The lowest BCUT2D eigenvalue weighted by Crippen LogP contribution is -2.22. The van der Waals surface area contributed by atoms with Gasteiger partial charge >= 0.3 is 5.69 Å². The monoisotopic (exact) mass is 478 g/mol. The summed E-state index contributed by atoms with van der Waals surface area (Å²) >= 11 is 0. The lowest BCUT2D eigenvalue weighted by molar-refractivity contribution is -0.393. The highest BCUT2D eigenvalue weighted by Gasteiger charge is 2.23. The van der Waals surface area contributed by atoms with Crippen molar-refractivity contribution in [3.05, 3.63) is 110 Å². The van der Waals surface area contributed by atoms with Crippen molar-refractivity contribution in [2.45, 2.75) is 38.9 Å². The van der Waals surface area contributed by atoms with Crippen LogP contribution in [0.1, 0.15) is 44.4 Å². The molecule has 0 aliphatic rings. The minimum absolute atomic E-state index is 0.0251. The molecule has 0 bridgehead atoms. The summed E-state index contributed by atoms with van der Waals surface area (Å²) in [5, 5.41) is 27.0. The highest BCUT2D eigenvalue weighted by Crippen LogP contribution is 2.30. The summed E-state index contributed by atoms with van der Waals surface area (Å²) in [6.07, 6.45) is -0.249. The van der Waals surface area contributed by atoms with Gasteiger partial charge in [-0.25, -0.2) is 9.78 Å². The largest absolute Gasteiger partial charge is 0.301 e. The molecule has 3 aromatic rings. The van der Waals surface area contributed by atoms with Crippen LogP contribution in [0, 0.1) is 20.2 Å². The fraction of sp³-hybridized carbons (Fsp3) is 0.240. The lowest BCUT2D eigenvalue weighted by Gasteiger charge is -2.24. The van der Waals surface area contributed by atoms with E-state index in [1.807, 2.05) is 81.4 Å². The number of nitrogens with zero attached hydrogens (tertiary/aromatic N) is 3. The molecule has 3 aromatic carbocycles. The molecule has 10 nitrogen and oxygen atoms in total. The van der Waals surface area contributed by atoms with Gasteiger partial charge in [0.15, 0.2) is 0 Å². The van der Waals surface area contributed by atoms with Crippen molar-refractivity contribution in [3.8, 4) is 0 Å². The summed E-state index contributed by atoms with van der Waals surface area (Å²) < 4.78 is 0. The third-order valence-electron chi connectivity index (χ3n) is 4.77. The molecule has 0 amide bonds. The third-order valence-corrected chi connectivity index (χ3v) is 4.77. The van der Waals surface area contributed by atoms with Crippen molar-refractivity contribution in [1.29, 1.82) is 0 Å². The Balaban J connectivity index is 1.97. The summed E-state index contributed by atoms with van der Waals surface area (Å²) in [5.41, 5.74) is 3.53. The molecule has 0 aliphatic carbocycles. The molecule has 3 rings (SSSR count). The Labute approximate surface area is 202 Å². The maximum Gasteiger partial charge on any atom is 0.301 e. The molecular formula is C25H26N4O6. The Hall–Kier alpha value is -4.15. The number of nitro benzene ring substituents is 2. The van der Waals surface area contributed by atoms with Gasteiger partial charge in [0.1, 0.15) is 11.8 Å². The van der Waals surface area contributed by atoms with Crippen molar-refractivity contribution in [3.63, 3.8) is 0 Å². The standard InChI is InChI=1S/C25H26N4O6/c1-25(2,3)35-34-24(19-12-8-5-9-13-19)17-22(18-10-6-4-7-11-18)27-26-21-15-14-20(28(30)31)16-23(21)29(32)33/h4-16,24,26H,17H2,1-3H3/b27-22+/t24-/m1/s1. The van der Waals surface area contributed by atoms with Crippen LogP contribution < -0.4 is 5.43 Å². The van der Waals surface area contributed by atoms with Gasteiger partial charge in [-0.1, -0.05) is 60.7 Å². The predicted molar refractivity (Wildman–Crippen MR) is 132 cm³/mol. The van der Waals surface area contributed by atoms with Crippen LogP contribution >= 0.6 is 0 Å². The van der Waals surface area contributed by atoms with Crippen LogP contribution in [0.5, 0.6) is 0 Å². The zero-order valence-corrected chi connectivity index (χ0v) is 19.6. The molecule has 1 atom stereocenters. The zero-order valence-electron chi connectivity index (χ0n) is 19.6. The first-order chi connectivity index (χ1) is 16.6. The van der Waals surface area contributed by atoms with Gasteiger partial charge in [-0.15, -0.1) is 0 Å². The Morgan fingerprint density at radius 3 is 2.14 bits per heavy atom. The molecule has 10 heteroatoms. The van der Waals surface area contributed by atoms with E-state index in [0.717, 1.165) is 17.2 Å². The Bertz CT molecular complexity index is 1190. The molecule has 182 valence electrons. The van der Waals surface area contributed by atoms with E-state index in [2.05, 4.69) is 10.5 Å². The van der Waals surface area contributed by atoms with E-state index in [1.165, 1.54) is 12.1 Å². The van der Waals surface area contributed by atoms with Crippen LogP contribution in [0.15, 0.2) is 84.0 Å². The SMILES string of the molecule is CC(C)(C)OO[C@H](C/C(=N\Nc1ccc([N+](=O)[O-])cc1[N+](=O)[O-])c1ccccc1)c1ccccc1. The molecule has 0 heterocycles. The third kappa shape index (κ3) is 7.42. The Morgan fingerprint density at radius 1 is 0.943 bits per heavy atom. The smallest absolute Gasteiger partial charge is 0.271 e.